The molecule has 0 spiro atoms. The van der Waals surface area contributed by atoms with E-state index in [9.17, 15) is 24.6 Å². The predicted molar refractivity (Wildman–Crippen MR) is 125 cm³/mol. The Kier molecular flexibility index (Phi) is 6.94. The summed E-state index contributed by atoms with van der Waals surface area (Å²) in [4.78, 5) is 21.7. The Morgan fingerprint density at radius 1 is 0.812 bits per heavy atom. The first-order chi connectivity index (χ1) is 15.1. The zero-order chi connectivity index (χ0) is 23.6. The van der Waals surface area contributed by atoms with Crippen molar-refractivity contribution in [2.45, 2.75) is 13.8 Å². The molecule has 0 fully saturated rings. The van der Waals surface area contributed by atoms with Crippen LogP contribution >= 0.6 is 31.9 Å². The number of nitrogens with zero attached hydrogens (tertiary/aromatic N) is 2. The minimum absolute atomic E-state index is 0.0444. The number of halogens is 3. The fraction of sp³-hybridized carbons (Fsp3) is 0.100. The molecule has 0 radical (unpaired) electrons. The number of nitrogens with one attached hydrogen (secondary N) is 2. The highest BCUT2D eigenvalue weighted by molar-refractivity contribution is 9.10. The maximum absolute atomic E-state index is 14.2. The second-order valence-electron chi connectivity index (χ2n) is 6.62. The third-order valence-electron chi connectivity index (χ3n) is 4.46. The van der Waals surface area contributed by atoms with Crippen molar-refractivity contribution in [3.8, 4) is 11.5 Å². The van der Waals surface area contributed by atoms with Crippen LogP contribution in [0.4, 0.5) is 27.1 Å². The van der Waals surface area contributed by atoms with Crippen molar-refractivity contribution in [3.63, 3.8) is 0 Å². The summed E-state index contributed by atoms with van der Waals surface area (Å²) in [5.74, 6) is -0.672. The fourth-order valence-electron chi connectivity index (χ4n) is 2.94. The molecule has 0 aromatic heterocycles. The van der Waals surface area contributed by atoms with Crippen molar-refractivity contribution in [1.29, 1.82) is 0 Å². The lowest BCUT2D eigenvalue weighted by Crippen LogP contribution is -2.13. The highest BCUT2D eigenvalue weighted by Crippen LogP contribution is 2.44. The van der Waals surface area contributed by atoms with E-state index < -0.39 is 27.0 Å². The van der Waals surface area contributed by atoms with E-state index in [4.69, 9.17) is 4.74 Å². The molecule has 3 rings (SSSR count). The lowest BCUT2D eigenvalue weighted by atomic mass is 10.1. The molecule has 0 atom stereocenters. The summed E-state index contributed by atoms with van der Waals surface area (Å²) in [7, 11) is 0. The Bertz CT molecular complexity index is 1220. The van der Waals surface area contributed by atoms with E-state index in [-0.39, 0.29) is 21.6 Å². The molecule has 2 N–H and O–H groups in total. The normalized spacial score (nSPS) is 10.5. The summed E-state index contributed by atoms with van der Waals surface area (Å²) in [5.41, 5.74) is 5.09. The number of aryl methyl sites for hydroxylation is 2. The van der Waals surface area contributed by atoms with Gasteiger partial charge in [0.25, 0.3) is 0 Å². The summed E-state index contributed by atoms with van der Waals surface area (Å²) in [6, 6.07) is 10.9. The number of hydrogen-bond acceptors (Lipinski definition) is 7. The van der Waals surface area contributed by atoms with E-state index in [0.717, 1.165) is 11.1 Å². The van der Waals surface area contributed by atoms with Gasteiger partial charge in [0.15, 0.2) is 0 Å². The summed E-state index contributed by atoms with van der Waals surface area (Å²) < 4.78 is 20.4. The zero-order valence-corrected chi connectivity index (χ0v) is 19.8. The van der Waals surface area contributed by atoms with E-state index in [0.29, 0.717) is 10.2 Å². The van der Waals surface area contributed by atoms with Crippen LogP contribution in [-0.4, -0.2) is 9.85 Å². The second-order valence-corrected chi connectivity index (χ2v) is 8.33. The quantitative estimate of drug-likeness (QED) is 0.232. The van der Waals surface area contributed by atoms with Crippen molar-refractivity contribution in [1.82, 2.24) is 0 Å². The molecule has 0 saturated carbocycles. The monoisotopic (exact) mass is 568 g/mol. The fourth-order valence-corrected chi connectivity index (χ4v) is 3.66. The minimum atomic E-state index is -1.08. The third kappa shape index (κ3) is 4.65. The van der Waals surface area contributed by atoms with Crippen LogP contribution in [-0.2, 0) is 0 Å². The van der Waals surface area contributed by atoms with E-state index in [1.807, 2.05) is 32.0 Å². The largest absolute Gasteiger partial charge is 0.448 e. The van der Waals surface area contributed by atoms with Crippen LogP contribution in [0.5, 0.6) is 11.5 Å². The van der Waals surface area contributed by atoms with Gasteiger partial charge in [-0.3, -0.25) is 31.1 Å². The van der Waals surface area contributed by atoms with E-state index in [1.165, 1.54) is 24.3 Å². The SMILES string of the molecule is Cc1cccc(C)c1Oc1c(Br)ccc(NNc2ccc(Br)c(F)c2[N+](=O)[O-])c1[N+](=O)[O-]. The van der Waals surface area contributed by atoms with Gasteiger partial charge in [-0.15, -0.1) is 0 Å². The van der Waals surface area contributed by atoms with Crippen LogP contribution in [0.1, 0.15) is 11.1 Å². The molecule has 0 bridgehead atoms. The summed E-state index contributed by atoms with van der Waals surface area (Å²) in [5, 5.41) is 23.2. The van der Waals surface area contributed by atoms with Crippen molar-refractivity contribution in [3.05, 3.63) is 88.6 Å². The molecular weight excluding hydrogens is 555 g/mol. The predicted octanol–water partition coefficient (Wildman–Crippen LogP) is 7.02. The summed E-state index contributed by atoms with van der Waals surface area (Å²) in [6.07, 6.45) is 0. The Morgan fingerprint density at radius 2 is 1.31 bits per heavy atom. The minimum Gasteiger partial charge on any atom is -0.448 e. The molecule has 0 aliphatic heterocycles. The molecule has 9 nitrogen and oxygen atoms in total. The molecule has 3 aromatic rings. The van der Waals surface area contributed by atoms with Crippen LogP contribution in [0.25, 0.3) is 0 Å². The van der Waals surface area contributed by atoms with Gasteiger partial charge in [-0.2, -0.15) is 4.39 Å². The lowest BCUT2D eigenvalue weighted by Gasteiger charge is -2.16. The van der Waals surface area contributed by atoms with Gasteiger partial charge in [0.2, 0.25) is 11.6 Å². The van der Waals surface area contributed by atoms with Gasteiger partial charge in [-0.25, -0.2) is 0 Å². The molecular formula is C20H15Br2FN4O5. The molecule has 0 saturated heterocycles. The van der Waals surface area contributed by atoms with Gasteiger partial charge < -0.3 is 4.74 Å². The molecule has 32 heavy (non-hydrogen) atoms. The molecule has 0 unspecified atom stereocenters. The zero-order valence-electron chi connectivity index (χ0n) is 16.6. The van der Waals surface area contributed by atoms with Gasteiger partial charge in [-0.1, -0.05) is 18.2 Å². The van der Waals surface area contributed by atoms with Crippen molar-refractivity contribution < 1.29 is 19.0 Å². The lowest BCUT2D eigenvalue weighted by molar-refractivity contribution is -0.386. The van der Waals surface area contributed by atoms with Gasteiger partial charge in [-0.05, 0) is 81.1 Å². The molecule has 3 aromatic carbocycles. The summed E-state index contributed by atoms with van der Waals surface area (Å²) >= 11 is 6.18. The third-order valence-corrected chi connectivity index (χ3v) is 5.70. The van der Waals surface area contributed by atoms with Crippen molar-refractivity contribution in [2.24, 2.45) is 0 Å². The molecule has 0 amide bonds. The number of ether oxygens (including phenoxy) is 1. The first-order valence-corrected chi connectivity index (χ1v) is 10.6. The maximum atomic E-state index is 14.2. The second kappa shape index (κ2) is 9.49. The van der Waals surface area contributed by atoms with E-state index in [1.54, 1.807) is 0 Å². The number of benzene rings is 3. The standard InChI is InChI=1S/C20H15Br2FN4O5/c1-10-4-3-5-11(2)19(10)32-20-13(22)7-9-15(18(20)27(30)31)25-24-14-8-6-12(21)16(23)17(14)26(28)29/h3-9,24-25H,1-2H3. The average molecular weight is 570 g/mol. The van der Waals surface area contributed by atoms with Crippen LogP contribution in [0, 0.1) is 39.9 Å². The number of nitro groups is 2. The Labute approximate surface area is 198 Å². The van der Waals surface area contributed by atoms with Gasteiger partial charge in [0.05, 0.1) is 18.8 Å². The first-order valence-electron chi connectivity index (χ1n) is 8.97. The average Bonchev–Trinajstić information content (AvgIpc) is 2.72. The van der Waals surface area contributed by atoms with E-state index >= 15 is 0 Å². The van der Waals surface area contributed by atoms with Crippen LogP contribution in [0.3, 0.4) is 0 Å². The smallest absolute Gasteiger partial charge is 0.337 e. The topological polar surface area (TPSA) is 120 Å². The van der Waals surface area contributed by atoms with Crippen LogP contribution in [0.15, 0.2) is 51.4 Å². The number of anilines is 2. The van der Waals surface area contributed by atoms with E-state index in [2.05, 4.69) is 42.7 Å². The number of para-hydroxylation sites is 1. The van der Waals surface area contributed by atoms with Crippen LogP contribution < -0.4 is 15.6 Å². The molecule has 0 aliphatic rings. The van der Waals surface area contributed by atoms with Crippen molar-refractivity contribution in [2.75, 3.05) is 10.9 Å². The molecule has 0 aliphatic carbocycles. The van der Waals surface area contributed by atoms with Gasteiger partial charge in [0.1, 0.15) is 17.1 Å². The first kappa shape index (κ1) is 23.4. The highest BCUT2D eigenvalue weighted by Gasteiger charge is 2.27. The molecule has 12 heteroatoms. The Balaban J connectivity index is 2.03. The molecule has 166 valence electrons. The highest BCUT2D eigenvalue weighted by atomic mass is 79.9. The maximum Gasteiger partial charge on any atom is 0.337 e. The molecule has 0 heterocycles. The van der Waals surface area contributed by atoms with Crippen LogP contribution in [0.2, 0.25) is 0 Å². The number of hydrogen-bond donors (Lipinski definition) is 2. The summed E-state index contributed by atoms with van der Waals surface area (Å²) in [6.45, 7) is 3.62. The van der Waals surface area contributed by atoms with Gasteiger partial charge in [0, 0.05) is 0 Å². The number of nitro benzene ring substituents is 2. The van der Waals surface area contributed by atoms with Crippen molar-refractivity contribution >= 4 is 54.6 Å². The Morgan fingerprint density at radius 3 is 1.84 bits per heavy atom. The number of hydrazine groups is 1. The number of rotatable bonds is 7. The van der Waals surface area contributed by atoms with Gasteiger partial charge >= 0.3 is 11.4 Å². The Hall–Kier alpha value is -3.25.